The van der Waals surface area contributed by atoms with Crippen LogP contribution in [-0.4, -0.2) is 18.9 Å². The number of benzene rings is 2. The van der Waals surface area contributed by atoms with Crippen molar-refractivity contribution in [2.75, 3.05) is 6.79 Å². The van der Waals surface area contributed by atoms with Gasteiger partial charge in [0, 0.05) is 11.1 Å². The molecule has 1 heterocycles. The molecule has 0 unspecified atom stereocenters. The molecule has 2 aromatic carbocycles. The first-order chi connectivity index (χ1) is 9.70. The van der Waals surface area contributed by atoms with Crippen LogP contribution in [0.25, 0.3) is 11.1 Å². The van der Waals surface area contributed by atoms with Gasteiger partial charge < -0.3 is 9.47 Å². The lowest BCUT2D eigenvalue weighted by Gasteiger charge is -2.10. The molecule has 2 aromatic rings. The number of ether oxygens (including phenoxy) is 2. The van der Waals surface area contributed by atoms with Crippen molar-refractivity contribution < 1.29 is 19.1 Å². The van der Waals surface area contributed by atoms with Crippen molar-refractivity contribution in [3.05, 3.63) is 47.5 Å². The Hall–Kier alpha value is -2.62. The fourth-order valence-electron chi connectivity index (χ4n) is 2.31. The second kappa shape index (κ2) is 4.81. The van der Waals surface area contributed by atoms with Crippen LogP contribution in [0.4, 0.5) is 0 Å². The molecule has 0 saturated heterocycles. The van der Waals surface area contributed by atoms with Crippen molar-refractivity contribution >= 4 is 12.1 Å². The van der Waals surface area contributed by atoms with E-state index in [9.17, 15) is 9.59 Å². The van der Waals surface area contributed by atoms with Gasteiger partial charge in [-0.2, -0.15) is 0 Å². The van der Waals surface area contributed by atoms with Crippen molar-refractivity contribution in [2.45, 2.75) is 6.92 Å². The van der Waals surface area contributed by atoms with Crippen molar-refractivity contribution in [2.24, 2.45) is 0 Å². The van der Waals surface area contributed by atoms with Gasteiger partial charge in [-0.1, -0.05) is 24.3 Å². The van der Waals surface area contributed by atoms with Gasteiger partial charge >= 0.3 is 0 Å². The first-order valence-electron chi connectivity index (χ1n) is 6.20. The molecule has 1 aliphatic rings. The molecule has 0 N–H and O–H groups in total. The standard InChI is InChI=1S/C16H12O4/c1-10(18)12-4-2-3-5-13(12)14-7-16-15(19-9-20-16)6-11(14)8-17/h2-8H,9H2,1H3. The van der Waals surface area contributed by atoms with Crippen LogP contribution < -0.4 is 9.47 Å². The second-order valence-corrected chi connectivity index (χ2v) is 4.51. The highest BCUT2D eigenvalue weighted by molar-refractivity contribution is 6.03. The molecule has 1 aliphatic heterocycles. The number of aldehydes is 1. The molecule has 3 rings (SSSR count). The van der Waals surface area contributed by atoms with Crippen LogP contribution in [0, 0.1) is 0 Å². The van der Waals surface area contributed by atoms with Crippen LogP contribution in [0.1, 0.15) is 27.6 Å². The molecule has 0 spiro atoms. The summed E-state index contributed by atoms with van der Waals surface area (Å²) >= 11 is 0. The monoisotopic (exact) mass is 268 g/mol. The average Bonchev–Trinajstić information content (AvgIpc) is 2.93. The number of carbonyl (C=O) groups is 2. The van der Waals surface area contributed by atoms with Gasteiger partial charge in [-0.15, -0.1) is 0 Å². The lowest BCUT2D eigenvalue weighted by Crippen LogP contribution is -1.98. The van der Waals surface area contributed by atoms with E-state index in [1.165, 1.54) is 6.92 Å². The minimum absolute atomic E-state index is 0.0462. The fourth-order valence-corrected chi connectivity index (χ4v) is 2.31. The van der Waals surface area contributed by atoms with Crippen LogP contribution in [-0.2, 0) is 0 Å². The molecule has 0 aromatic heterocycles. The van der Waals surface area contributed by atoms with E-state index in [0.717, 1.165) is 11.8 Å². The minimum atomic E-state index is -0.0462. The zero-order valence-corrected chi connectivity index (χ0v) is 10.9. The van der Waals surface area contributed by atoms with E-state index in [-0.39, 0.29) is 12.6 Å². The number of carbonyl (C=O) groups excluding carboxylic acids is 2. The van der Waals surface area contributed by atoms with Crippen molar-refractivity contribution in [1.29, 1.82) is 0 Å². The number of hydrogen-bond donors (Lipinski definition) is 0. The van der Waals surface area contributed by atoms with Crippen molar-refractivity contribution in [1.82, 2.24) is 0 Å². The molecule has 0 atom stereocenters. The van der Waals surface area contributed by atoms with Gasteiger partial charge in [0.2, 0.25) is 6.79 Å². The number of Topliss-reactive ketones (excluding diaryl/α,β-unsaturated/α-hetero) is 1. The maximum absolute atomic E-state index is 11.7. The first kappa shape index (κ1) is 12.4. The van der Waals surface area contributed by atoms with Crippen molar-refractivity contribution in [3.8, 4) is 22.6 Å². The Labute approximate surface area is 115 Å². The van der Waals surface area contributed by atoms with E-state index in [2.05, 4.69) is 0 Å². The SMILES string of the molecule is CC(=O)c1ccccc1-c1cc2c(cc1C=O)OCO2. The molecule has 100 valence electrons. The molecular formula is C16H12O4. The number of rotatable bonds is 3. The van der Waals surface area contributed by atoms with Gasteiger partial charge in [-0.3, -0.25) is 9.59 Å². The summed E-state index contributed by atoms with van der Waals surface area (Å²) in [5, 5.41) is 0. The van der Waals surface area contributed by atoms with Crippen LogP contribution in [0.3, 0.4) is 0 Å². The van der Waals surface area contributed by atoms with E-state index in [4.69, 9.17) is 9.47 Å². The summed E-state index contributed by atoms with van der Waals surface area (Å²) in [6.07, 6.45) is 0.758. The molecular weight excluding hydrogens is 256 g/mol. The van der Waals surface area contributed by atoms with Gasteiger partial charge in [0.15, 0.2) is 23.6 Å². The smallest absolute Gasteiger partial charge is 0.231 e. The Morgan fingerprint density at radius 1 is 1.10 bits per heavy atom. The van der Waals surface area contributed by atoms with Crippen LogP contribution in [0.5, 0.6) is 11.5 Å². The Balaban J connectivity index is 2.24. The summed E-state index contributed by atoms with van der Waals surface area (Å²) in [6.45, 7) is 1.65. The van der Waals surface area contributed by atoms with E-state index < -0.39 is 0 Å². The summed E-state index contributed by atoms with van der Waals surface area (Å²) in [5.41, 5.74) is 2.45. The maximum Gasteiger partial charge on any atom is 0.231 e. The van der Waals surface area contributed by atoms with E-state index in [1.54, 1.807) is 24.3 Å². The topological polar surface area (TPSA) is 52.6 Å². The zero-order chi connectivity index (χ0) is 14.1. The molecule has 20 heavy (non-hydrogen) atoms. The highest BCUT2D eigenvalue weighted by Crippen LogP contribution is 2.39. The number of ketones is 1. The van der Waals surface area contributed by atoms with Crippen LogP contribution in [0.15, 0.2) is 36.4 Å². The molecule has 4 nitrogen and oxygen atoms in total. The summed E-state index contributed by atoms with van der Waals surface area (Å²) in [4.78, 5) is 23.0. The van der Waals surface area contributed by atoms with Gasteiger partial charge in [-0.05, 0) is 30.2 Å². The predicted octanol–water partition coefficient (Wildman–Crippen LogP) is 3.10. The van der Waals surface area contributed by atoms with Gasteiger partial charge in [0.25, 0.3) is 0 Å². The van der Waals surface area contributed by atoms with E-state index in [0.29, 0.717) is 28.2 Å². The summed E-state index contributed by atoms with van der Waals surface area (Å²) < 4.78 is 10.6. The van der Waals surface area contributed by atoms with E-state index in [1.807, 2.05) is 12.1 Å². The number of hydrogen-bond acceptors (Lipinski definition) is 4. The molecule has 0 radical (unpaired) electrons. The second-order valence-electron chi connectivity index (χ2n) is 4.51. The Bertz CT molecular complexity index is 704. The Morgan fingerprint density at radius 2 is 1.80 bits per heavy atom. The summed E-state index contributed by atoms with van der Waals surface area (Å²) in [7, 11) is 0. The minimum Gasteiger partial charge on any atom is -0.454 e. The van der Waals surface area contributed by atoms with Gasteiger partial charge in [0.05, 0.1) is 0 Å². The highest BCUT2D eigenvalue weighted by Gasteiger charge is 2.19. The third-order valence-corrected chi connectivity index (χ3v) is 3.27. The molecule has 0 aliphatic carbocycles. The quantitative estimate of drug-likeness (QED) is 0.634. The van der Waals surface area contributed by atoms with Gasteiger partial charge in [-0.25, -0.2) is 0 Å². The molecule has 4 heteroatoms. The zero-order valence-electron chi connectivity index (χ0n) is 10.9. The Morgan fingerprint density at radius 3 is 2.50 bits per heavy atom. The third kappa shape index (κ3) is 1.95. The largest absolute Gasteiger partial charge is 0.454 e. The van der Waals surface area contributed by atoms with Crippen LogP contribution >= 0.6 is 0 Å². The van der Waals surface area contributed by atoms with Gasteiger partial charge in [0.1, 0.15) is 0 Å². The fraction of sp³-hybridized carbons (Fsp3) is 0.125. The van der Waals surface area contributed by atoms with E-state index >= 15 is 0 Å². The third-order valence-electron chi connectivity index (χ3n) is 3.27. The number of fused-ring (bicyclic) bond motifs is 1. The Kier molecular flexibility index (Phi) is 2.99. The molecule has 0 fully saturated rings. The molecule has 0 amide bonds. The highest BCUT2D eigenvalue weighted by atomic mass is 16.7. The molecule has 0 saturated carbocycles. The summed E-state index contributed by atoms with van der Waals surface area (Å²) in [5.74, 6) is 1.09. The first-order valence-corrected chi connectivity index (χ1v) is 6.20. The summed E-state index contributed by atoms with van der Waals surface area (Å²) in [6, 6.07) is 10.6. The predicted molar refractivity (Wildman–Crippen MR) is 73.4 cm³/mol. The molecule has 0 bridgehead atoms. The van der Waals surface area contributed by atoms with Crippen LogP contribution in [0.2, 0.25) is 0 Å². The maximum atomic E-state index is 11.7. The average molecular weight is 268 g/mol. The lowest BCUT2D eigenvalue weighted by atomic mass is 9.94. The van der Waals surface area contributed by atoms with Crippen molar-refractivity contribution in [3.63, 3.8) is 0 Å². The normalized spacial score (nSPS) is 12.2. The lowest BCUT2D eigenvalue weighted by molar-refractivity contribution is 0.101.